The van der Waals surface area contributed by atoms with E-state index in [4.69, 9.17) is 4.98 Å². The van der Waals surface area contributed by atoms with E-state index in [9.17, 15) is 9.00 Å². The molecule has 1 aromatic carbocycles. The highest BCUT2D eigenvalue weighted by molar-refractivity contribution is 7.84. The van der Waals surface area contributed by atoms with Gasteiger partial charge in [-0.15, -0.1) is 0 Å². The number of nitrogens with zero attached hydrogens (tertiary/aromatic N) is 4. The average molecular weight is 402 g/mol. The Morgan fingerprint density at radius 1 is 1.21 bits per heavy atom. The van der Waals surface area contributed by atoms with Gasteiger partial charge in [0.15, 0.2) is 5.82 Å². The number of hydrogen-bond acceptors (Lipinski definition) is 4. The van der Waals surface area contributed by atoms with E-state index in [2.05, 4.69) is 9.71 Å². The summed E-state index contributed by atoms with van der Waals surface area (Å²) in [4.78, 5) is 22.2. The third kappa shape index (κ3) is 3.79. The number of aryl methyl sites for hydroxylation is 2. The lowest BCUT2D eigenvalue weighted by Crippen LogP contribution is -2.35. The minimum absolute atomic E-state index is 0.125. The van der Waals surface area contributed by atoms with Crippen molar-refractivity contribution in [3.8, 4) is 11.5 Å². The minimum atomic E-state index is -1.24. The summed E-state index contributed by atoms with van der Waals surface area (Å²) in [7, 11) is 2.34. The smallest absolute Gasteiger partial charge is 0.261 e. The van der Waals surface area contributed by atoms with Gasteiger partial charge in [-0.1, -0.05) is 6.07 Å². The van der Waals surface area contributed by atoms with E-state index in [0.717, 1.165) is 11.1 Å². The van der Waals surface area contributed by atoms with Gasteiger partial charge >= 0.3 is 0 Å². The van der Waals surface area contributed by atoms with Crippen LogP contribution < -0.4 is 10.3 Å². The summed E-state index contributed by atoms with van der Waals surface area (Å²) in [6, 6.07) is 3.61. The van der Waals surface area contributed by atoms with Crippen molar-refractivity contribution in [1.29, 1.82) is 0 Å². The highest BCUT2D eigenvalue weighted by Gasteiger charge is 2.24. The van der Waals surface area contributed by atoms with E-state index in [0.29, 0.717) is 22.4 Å². The van der Waals surface area contributed by atoms with E-state index in [1.807, 2.05) is 64.6 Å². The molecule has 150 valence electrons. The third-order valence-electron chi connectivity index (χ3n) is 4.59. The van der Waals surface area contributed by atoms with Gasteiger partial charge in [0, 0.05) is 26.3 Å². The zero-order valence-corrected chi connectivity index (χ0v) is 18.2. The van der Waals surface area contributed by atoms with Crippen molar-refractivity contribution in [3.63, 3.8) is 0 Å². The maximum absolute atomic E-state index is 13.0. The Kier molecular flexibility index (Phi) is 5.29. The Morgan fingerprint density at radius 3 is 2.46 bits per heavy atom. The Hall–Kier alpha value is -2.32. The Balaban J connectivity index is 2.22. The van der Waals surface area contributed by atoms with Gasteiger partial charge in [-0.3, -0.25) is 9.36 Å². The number of aromatic nitrogens is 4. The molecule has 0 bridgehead atoms. The van der Waals surface area contributed by atoms with Crippen LogP contribution in [0.4, 0.5) is 0 Å². The molecule has 2 heterocycles. The van der Waals surface area contributed by atoms with E-state index in [-0.39, 0.29) is 11.6 Å². The van der Waals surface area contributed by atoms with Gasteiger partial charge in [0.05, 0.1) is 33.0 Å². The van der Waals surface area contributed by atoms with Crippen LogP contribution in [0.1, 0.15) is 44.9 Å². The Bertz CT molecular complexity index is 1120. The Labute approximate surface area is 167 Å². The molecule has 8 heteroatoms. The maximum atomic E-state index is 13.0. The minimum Gasteiger partial charge on any atom is -0.340 e. The van der Waals surface area contributed by atoms with Gasteiger partial charge in [-0.05, 0) is 51.8 Å². The average Bonchev–Trinajstić information content (AvgIpc) is 3.03. The van der Waals surface area contributed by atoms with Crippen LogP contribution in [0.2, 0.25) is 0 Å². The number of benzene rings is 1. The van der Waals surface area contributed by atoms with Crippen LogP contribution in [0.5, 0.6) is 0 Å². The molecule has 7 nitrogen and oxygen atoms in total. The number of rotatable bonds is 4. The van der Waals surface area contributed by atoms with Gasteiger partial charge in [0.1, 0.15) is 5.69 Å². The van der Waals surface area contributed by atoms with Gasteiger partial charge in [-0.2, -0.15) is 0 Å². The van der Waals surface area contributed by atoms with Crippen molar-refractivity contribution in [2.24, 2.45) is 14.1 Å². The fraction of sp³-hybridized carbons (Fsp3) is 0.450. The standard InChI is InChI=1S/C20H27N5O2S/c1-12-8-14(13(2)23-28(27)20(3,4)5)17-15(9-12)19(26)25(7)18(22-17)16-10-24(6)11-21-16/h8-11,13,23H,1-7H3/t13-,28-/m1/s1. The third-order valence-corrected chi connectivity index (χ3v) is 6.27. The second-order valence-corrected chi connectivity index (χ2v) is 10.2. The van der Waals surface area contributed by atoms with Gasteiger partial charge in [0.25, 0.3) is 5.56 Å². The van der Waals surface area contributed by atoms with E-state index >= 15 is 0 Å². The summed E-state index contributed by atoms with van der Waals surface area (Å²) in [6.45, 7) is 9.65. The summed E-state index contributed by atoms with van der Waals surface area (Å²) in [5, 5.41) is 0.548. The van der Waals surface area contributed by atoms with Gasteiger partial charge in [-0.25, -0.2) is 18.9 Å². The van der Waals surface area contributed by atoms with E-state index < -0.39 is 15.7 Å². The fourth-order valence-electron chi connectivity index (χ4n) is 3.04. The van der Waals surface area contributed by atoms with Crippen LogP contribution in [0.3, 0.4) is 0 Å². The normalized spacial score (nSPS) is 14.4. The SMILES string of the molecule is Cc1cc([C@@H](C)N[S@](=O)C(C)(C)C)c2nc(-c3cn(C)cn3)n(C)c(=O)c2c1. The van der Waals surface area contributed by atoms with Crippen molar-refractivity contribution in [1.82, 2.24) is 23.8 Å². The molecular weight excluding hydrogens is 374 g/mol. The molecule has 0 radical (unpaired) electrons. The molecule has 1 N–H and O–H groups in total. The van der Waals surface area contributed by atoms with Crippen LogP contribution in [0.15, 0.2) is 29.5 Å². The van der Waals surface area contributed by atoms with Crippen LogP contribution in [0, 0.1) is 6.92 Å². The summed E-state index contributed by atoms with van der Waals surface area (Å²) < 4.78 is 18.7. The summed E-state index contributed by atoms with van der Waals surface area (Å²) in [5.41, 5.74) is 2.93. The molecule has 3 rings (SSSR count). The number of hydrogen-bond donors (Lipinski definition) is 1. The van der Waals surface area contributed by atoms with Crippen molar-refractivity contribution >= 4 is 21.9 Å². The molecule has 0 amide bonds. The molecule has 0 aliphatic carbocycles. The molecule has 3 aromatic rings. The second-order valence-electron chi connectivity index (χ2n) is 8.19. The second kappa shape index (κ2) is 7.25. The topological polar surface area (TPSA) is 81.8 Å². The summed E-state index contributed by atoms with van der Waals surface area (Å²) >= 11 is 0. The molecule has 0 saturated heterocycles. The lowest BCUT2D eigenvalue weighted by molar-refractivity contribution is 0.617. The van der Waals surface area contributed by atoms with Crippen LogP contribution in [-0.4, -0.2) is 28.1 Å². The zero-order chi connectivity index (χ0) is 20.8. The van der Waals surface area contributed by atoms with Gasteiger partial charge < -0.3 is 4.57 Å². The predicted molar refractivity (Wildman–Crippen MR) is 113 cm³/mol. The number of fused-ring (bicyclic) bond motifs is 1. The van der Waals surface area contributed by atoms with Crippen molar-refractivity contribution in [2.75, 3.05) is 0 Å². The van der Waals surface area contributed by atoms with E-state index in [1.54, 1.807) is 13.4 Å². The van der Waals surface area contributed by atoms with Crippen molar-refractivity contribution in [2.45, 2.75) is 45.4 Å². The first-order chi connectivity index (χ1) is 13.0. The lowest BCUT2D eigenvalue weighted by Gasteiger charge is -2.23. The molecule has 2 atom stereocenters. The van der Waals surface area contributed by atoms with Crippen LogP contribution in [-0.2, 0) is 25.1 Å². The molecular formula is C20H27N5O2S. The maximum Gasteiger partial charge on any atom is 0.261 e. The molecule has 0 unspecified atom stereocenters. The molecule has 0 aliphatic heterocycles. The molecule has 0 aliphatic rings. The Morgan fingerprint density at radius 2 is 1.89 bits per heavy atom. The molecule has 2 aromatic heterocycles. The zero-order valence-electron chi connectivity index (χ0n) is 17.4. The van der Waals surface area contributed by atoms with Gasteiger partial charge in [0.2, 0.25) is 0 Å². The van der Waals surface area contributed by atoms with Crippen LogP contribution >= 0.6 is 0 Å². The number of nitrogens with one attached hydrogen (secondary N) is 1. The first-order valence-corrected chi connectivity index (χ1v) is 10.3. The lowest BCUT2D eigenvalue weighted by atomic mass is 10.0. The molecule has 0 fully saturated rings. The van der Waals surface area contributed by atoms with E-state index in [1.165, 1.54) is 4.57 Å². The van der Waals surface area contributed by atoms with Crippen molar-refractivity contribution < 1.29 is 4.21 Å². The molecule has 28 heavy (non-hydrogen) atoms. The van der Waals surface area contributed by atoms with Crippen LogP contribution in [0.25, 0.3) is 22.4 Å². The highest BCUT2D eigenvalue weighted by Crippen LogP contribution is 2.26. The molecule has 0 spiro atoms. The highest BCUT2D eigenvalue weighted by atomic mass is 32.2. The quantitative estimate of drug-likeness (QED) is 0.729. The monoisotopic (exact) mass is 401 g/mol. The first-order valence-electron chi connectivity index (χ1n) is 9.16. The number of imidazole rings is 1. The summed E-state index contributed by atoms with van der Waals surface area (Å²) in [5.74, 6) is 0.507. The first kappa shape index (κ1) is 20.4. The molecule has 0 saturated carbocycles. The van der Waals surface area contributed by atoms with Crippen molar-refractivity contribution in [3.05, 3.63) is 46.1 Å². The predicted octanol–water partition coefficient (Wildman–Crippen LogP) is 2.76. The fourth-order valence-corrected chi connectivity index (χ4v) is 3.84. The summed E-state index contributed by atoms with van der Waals surface area (Å²) in [6.07, 6.45) is 3.51. The largest absolute Gasteiger partial charge is 0.340 e.